The largest absolute Gasteiger partial charge is 0.496 e. The molecule has 3 aromatic rings. The molecule has 2 N–H and O–H groups in total. The second-order valence-corrected chi connectivity index (χ2v) is 7.92. The summed E-state index contributed by atoms with van der Waals surface area (Å²) in [5.41, 5.74) is 2.31. The SMILES string of the molecule is COc1ccccc1C(=O)c1cnc(NC2CCN(C(=O)Nc3ccccc3)CC2)nc1C. The van der Waals surface area contributed by atoms with Crippen molar-refractivity contribution in [2.45, 2.75) is 25.8 Å². The van der Waals surface area contributed by atoms with Crippen molar-refractivity contribution < 1.29 is 14.3 Å². The van der Waals surface area contributed by atoms with E-state index in [0.29, 0.717) is 41.6 Å². The number of carbonyl (C=O) groups excluding carboxylic acids is 2. The molecule has 2 aromatic carbocycles. The van der Waals surface area contributed by atoms with E-state index >= 15 is 0 Å². The highest BCUT2D eigenvalue weighted by Gasteiger charge is 2.24. The number of piperidine rings is 1. The minimum Gasteiger partial charge on any atom is -0.496 e. The van der Waals surface area contributed by atoms with Crippen LogP contribution in [-0.4, -0.2) is 52.9 Å². The Hall–Kier alpha value is -3.94. The van der Waals surface area contributed by atoms with Gasteiger partial charge >= 0.3 is 6.03 Å². The van der Waals surface area contributed by atoms with Crippen molar-refractivity contribution >= 4 is 23.5 Å². The summed E-state index contributed by atoms with van der Waals surface area (Å²) in [6.45, 7) is 3.07. The molecule has 0 spiro atoms. The summed E-state index contributed by atoms with van der Waals surface area (Å²) >= 11 is 0. The molecule has 0 aliphatic carbocycles. The lowest BCUT2D eigenvalue weighted by atomic mass is 10.0. The average Bonchev–Trinajstić information content (AvgIpc) is 2.85. The van der Waals surface area contributed by atoms with E-state index in [-0.39, 0.29) is 17.9 Å². The van der Waals surface area contributed by atoms with Crippen LogP contribution < -0.4 is 15.4 Å². The number of amides is 2. The van der Waals surface area contributed by atoms with Crippen LogP contribution in [0.2, 0.25) is 0 Å². The maximum atomic E-state index is 13.0. The number of methoxy groups -OCH3 is 1. The maximum Gasteiger partial charge on any atom is 0.321 e. The smallest absolute Gasteiger partial charge is 0.321 e. The van der Waals surface area contributed by atoms with Crippen LogP contribution in [0.25, 0.3) is 0 Å². The molecule has 4 rings (SSSR count). The van der Waals surface area contributed by atoms with Crippen LogP contribution in [-0.2, 0) is 0 Å². The van der Waals surface area contributed by atoms with E-state index in [1.807, 2.05) is 41.3 Å². The van der Waals surface area contributed by atoms with E-state index in [9.17, 15) is 9.59 Å². The molecule has 8 nitrogen and oxygen atoms in total. The van der Waals surface area contributed by atoms with Gasteiger partial charge in [0.1, 0.15) is 5.75 Å². The quantitative estimate of drug-likeness (QED) is 0.554. The van der Waals surface area contributed by atoms with Gasteiger partial charge in [-0.25, -0.2) is 14.8 Å². The van der Waals surface area contributed by atoms with Gasteiger partial charge in [0.05, 0.1) is 23.9 Å². The van der Waals surface area contributed by atoms with Crippen molar-refractivity contribution in [2.24, 2.45) is 0 Å². The molecule has 0 bridgehead atoms. The predicted molar refractivity (Wildman–Crippen MR) is 127 cm³/mol. The zero-order chi connectivity index (χ0) is 23.2. The van der Waals surface area contributed by atoms with Crippen LogP contribution in [0.5, 0.6) is 5.75 Å². The summed E-state index contributed by atoms with van der Waals surface area (Å²) < 4.78 is 5.30. The van der Waals surface area contributed by atoms with Crippen LogP contribution in [0.3, 0.4) is 0 Å². The third-order valence-electron chi connectivity index (χ3n) is 5.72. The molecule has 1 saturated heterocycles. The first-order valence-electron chi connectivity index (χ1n) is 10.9. The van der Waals surface area contributed by atoms with E-state index in [4.69, 9.17) is 4.74 Å². The van der Waals surface area contributed by atoms with Crippen molar-refractivity contribution in [3.8, 4) is 5.75 Å². The number of ether oxygens (including phenoxy) is 1. The number of nitrogens with zero attached hydrogens (tertiary/aromatic N) is 3. The number of anilines is 2. The number of hydrogen-bond acceptors (Lipinski definition) is 6. The molecule has 1 aliphatic rings. The van der Waals surface area contributed by atoms with Crippen LogP contribution in [0.15, 0.2) is 60.8 Å². The fraction of sp³-hybridized carbons (Fsp3) is 0.280. The van der Waals surface area contributed by atoms with Crippen LogP contribution in [0.4, 0.5) is 16.4 Å². The average molecular weight is 446 g/mol. The lowest BCUT2D eigenvalue weighted by Crippen LogP contribution is -2.44. The Morgan fingerprint density at radius 2 is 1.70 bits per heavy atom. The highest BCUT2D eigenvalue weighted by molar-refractivity contribution is 6.11. The van der Waals surface area contributed by atoms with Gasteiger partial charge in [-0.1, -0.05) is 30.3 Å². The lowest BCUT2D eigenvalue weighted by molar-refractivity contribution is 0.103. The number of aryl methyl sites for hydroxylation is 1. The fourth-order valence-electron chi connectivity index (χ4n) is 3.87. The Morgan fingerprint density at radius 3 is 2.39 bits per heavy atom. The zero-order valence-electron chi connectivity index (χ0n) is 18.7. The van der Waals surface area contributed by atoms with Crippen molar-refractivity contribution in [2.75, 3.05) is 30.8 Å². The first kappa shape index (κ1) is 22.3. The van der Waals surface area contributed by atoms with Gasteiger partial charge < -0.3 is 20.3 Å². The Balaban J connectivity index is 1.34. The summed E-state index contributed by atoms with van der Waals surface area (Å²) in [6.07, 6.45) is 3.13. The normalized spacial score (nSPS) is 13.9. The topological polar surface area (TPSA) is 96.5 Å². The van der Waals surface area contributed by atoms with Gasteiger partial charge in [0, 0.05) is 31.0 Å². The maximum absolute atomic E-state index is 13.0. The Morgan fingerprint density at radius 1 is 1.00 bits per heavy atom. The highest BCUT2D eigenvalue weighted by Crippen LogP contribution is 2.23. The van der Waals surface area contributed by atoms with Gasteiger partial charge in [-0.3, -0.25) is 4.79 Å². The van der Waals surface area contributed by atoms with Crippen molar-refractivity contribution in [1.82, 2.24) is 14.9 Å². The summed E-state index contributed by atoms with van der Waals surface area (Å²) in [6, 6.07) is 16.6. The molecule has 2 amide bonds. The molecule has 1 aromatic heterocycles. The van der Waals surface area contributed by atoms with E-state index < -0.39 is 0 Å². The standard InChI is InChI=1S/C25H27N5O3/c1-17-21(23(31)20-10-6-7-11-22(20)33-2)16-26-24(27-17)28-19-12-14-30(15-13-19)25(32)29-18-8-4-3-5-9-18/h3-11,16,19H,12-15H2,1-2H3,(H,29,32)(H,26,27,28). The Bertz CT molecular complexity index is 1130. The number of hydrogen-bond donors (Lipinski definition) is 2. The Kier molecular flexibility index (Phi) is 6.83. The van der Waals surface area contributed by atoms with E-state index in [0.717, 1.165) is 18.5 Å². The fourth-order valence-corrected chi connectivity index (χ4v) is 3.87. The summed E-state index contributed by atoms with van der Waals surface area (Å²) in [5.74, 6) is 0.831. The van der Waals surface area contributed by atoms with Gasteiger partial charge in [-0.05, 0) is 44.0 Å². The number of nitrogens with one attached hydrogen (secondary N) is 2. The monoisotopic (exact) mass is 445 g/mol. The second kappa shape index (κ2) is 10.1. The number of likely N-dealkylation sites (tertiary alicyclic amines) is 1. The van der Waals surface area contributed by atoms with E-state index in [1.165, 1.54) is 0 Å². The molecule has 1 aliphatic heterocycles. The molecular weight excluding hydrogens is 418 g/mol. The van der Waals surface area contributed by atoms with Crippen molar-refractivity contribution in [1.29, 1.82) is 0 Å². The lowest BCUT2D eigenvalue weighted by Gasteiger charge is -2.32. The van der Waals surface area contributed by atoms with E-state index in [1.54, 1.807) is 38.4 Å². The summed E-state index contributed by atoms with van der Waals surface area (Å²) in [7, 11) is 1.54. The van der Waals surface area contributed by atoms with Crippen LogP contribution >= 0.6 is 0 Å². The first-order chi connectivity index (χ1) is 16.0. The van der Waals surface area contributed by atoms with Crippen LogP contribution in [0.1, 0.15) is 34.5 Å². The minimum absolute atomic E-state index is 0.0917. The molecular formula is C25H27N5O3. The van der Waals surface area contributed by atoms with Gasteiger partial charge in [-0.2, -0.15) is 0 Å². The number of rotatable bonds is 6. The van der Waals surface area contributed by atoms with Gasteiger partial charge in [0.25, 0.3) is 0 Å². The second-order valence-electron chi connectivity index (χ2n) is 7.92. The molecule has 0 radical (unpaired) electrons. The van der Waals surface area contributed by atoms with E-state index in [2.05, 4.69) is 20.6 Å². The molecule has 170 valence electrons. The van der Waals surface area contributed by atoms with Gasteiger partial charge in [0.15, 0.2) is 5.78 Å². The minimum atomic E-state index is -0.172. The first-order valence-corrected chi connectivity index (χ1v) is 10.9. The molecule has 8 heteroatoms. The predicted octanol–water partition coefficient (Wildman–Crippen LogP) is 4.13. The molecule has 2 heterocycles. The summed E-state index contributed by atoms with van der Waals surface area (Å²) in [4.78, 5) is 36.1. The molecule has 33 heavy (non-hydrogen) atoms. The molecule has 0 atom stereocenters. The zero-order valence-corrected chi connectivity index (χ0v) is 18.7. The van der Waals surface area contributed by atoms with Gasteiger partial charge in [-0.15, -0.1) is 0 Å². The number of aromatic nitrogens is 2. The number of ketones is 1. The van der Waals surface area contributed by atoms with Gasteiger partial charge in [0.2, 0.25) is 5.95 Å². The van der Waals surface area contributed by atoms with Crippen molar-refractivity contribution in [3.05, 3.63) is 77.6 Å². The highest BCUT2D eigenvalue weighted by atomic mass is 16.5. The third-order valence-corrected chi connectivity index (χ3v) is 5.72. The third kappa shape index (κ3) is 5.28. The molecule has 0 saturated carbocycles. The number of benzene rings is 2. The molecule has 1 fully saturated rings. The van der Waals surface area contributed by atoms with Crippen LogP contribution in [0, 0.1) is 6.92 Å². The number of carbonyl (C=O) groups is 2. The Labute approximate surface area is 193 Å². The number of para-hydroxylation sites is 2. The molecule has 0 unspecified atom stereocenters. The van der Waals surface area contributed by atoms with Crippen molar-refractivity contribution in [3.63, 3.8) is 0 Å². The summed E-state index contributed by atoms with van der Waals surface area (Å²) in [5, 5.41) is 6.27. The number of urea groups is 1.